The number of hydrogen-bond donors (Lipinski definition) is 2. The minimum absolute atomic E-state index is 0.182. The SMILES string of the molecule is N[C@H](C(=O)O)C1[C@H]2COC[C@H]12. The molecule has 0 amide bonds. The van der Waals surface area contributed by atoms with Crippen LogP contribution in [0.4, 0.5) is 0 Å². The fourth-order valence-electron chi connectivity index (χ4n) is 1.98. The van der Waals surface area contributed by atoms with Gasteiger partial charge in [-0.2, -0.15) is 0 Å². The van der Waals surface area contributed by atoms with E-state index in [-0.39, 0.29) is 5.92 Å². The standard InChI is InChI=1S/C7H11NO3/c8-6(7(9)10)5-3-1-11-2-4(3)5/h3-6H,1-2,8H2,(H,9,10)/t3-,4-,6-/m0/s1. The van der Waals surface area contributed by atoms with E-state index in [1.165, 1.54) is 0 Å². The Morgan fingerprint density at radius 1 is 1.55 bits per heavy atom. The molecule has 2 aliphatic rings. The van der Waals surface area contributed by atoms with Gasteiger partial charge in [-0.3, -0.25) is 4.79 Å². The summed E-state index contributed by atoms with van der Waals surface area (Å²) in [5.74, 6) is 0.160. The first-order valence-corrected chi connectivity index (χ1v) is 3.78. The van der Waals surface area contributed by atoms with E-state index in [4.69, 9.17) is 15.6 Å². The predicted octanol–water partition coefficient (Wildman–Crippen LogP) is -0.709. The van der Waals surface area contributed by atoms with Gasteiger partial charge in [0.1, 0.15) is 6.04 Å². The molecule has 0 aromatic carbocycles. The molecule has 62 valence electrons. The van der Waals surface area contributed by atoms with Gasteiger partial charge in [0.2, 0.25) is 0 Å². The maximum absolute atomic E-state index is 10.4. The molecule has 0 aromatic heterocycles. The van der Waals surface area contributed by atoms with Gasteiger partial charge in [-0.1, -0.05) is 0 Å². The molecule has 1 saturated heterocycles. The van der Waals surface area contributed by atoms with Crippen LogP contribution in [0.2, 0.25) is 0 Å². The second kappa shape index (κ2) is 2.19. The number of hydrogen-bond acceptors (Lipinski definition) is 3. The molecule has 0 spiro atoms. The number of carboxylic acids is 1. The number of fused-ring (bicyclic) bond motifs is 1. The third-order valence-corrected chi connectivity index (χ3v) is 2.72. The van der Waals surface area contributed by atoms with Gasteiger partial charge in [0.15, 0.2) is 0 Å². The number of carbonyl (C=O) groups is 1. The van der Waals surface area contributed by atoms with Crippen LogP contribution in [-0.2, 0) is 9.53 Å². The Bertz CT molecular complexity index is 184. The predicted molar refractivity (Wildman–Crippen MR) is 36.9 cm³/mol. The monoisotopic (exact) mass is 157 g/mol. The zero-order valence-electron chi connectivity index (χ0n) is 6.06. The van der Waals surface area contributed by atoms with Gasteiger partial charge in [0.05, 0.1) is 13.2 Å². The summed E-state index contributed by atoms with van der Waals surface area (Å²) in [5, 5.41) is 8.58. The number of nitrogens with two attached hydrogens (primary N) is 1. The number of ether oxygens (including phenoxy) is 1. The molecule has 1 aliphatic heterocycles. The molecule has 2 fully saturated rings. The van der Waals surface area contributed by atoms with E-state index >= 15 is 0 Å². The molecule has 1 heterocycles. The highest BCUT2D eigenvalue weighted by molar-refractivity contribution is 5.74. The summed E-state index contributed by atoms with van der Waals surface area (Å²) in [6.07, 6.45) is 0. The van der Waals surface area contributed by atoms with Gasteiger partial charge < -0.3 is 15.6 Å². The molecule has 3 atom stereocenters. The molecule has 0 radical (unpaired) electrons. The fraction of sp³-hybridized carbons (Fsp3) is 0.857. The summed E-state index contributed by atoms with van der Waals surface area (Å²) in [6, 6.07) is -0.672. The zero-order valence-corrected chi connectivity index (χ0v) is 6.06. The third kappa shape index (κ3) is 0.937. The van der Waals surface area contributed by atoms with Gasteiger partial charge in [-0.05, 0) is 17.8 Å². The molecule has 11 heavy (non-hydrogen) atoms. The first-order chi connectivity index (χ1) is 5.22. The van der Waals surface area contributed by atoms with Gasteiger partial charge >= 0.3 is 5.97 Å². The van der Waals surface area contributed by atoms with Gasteiger partial charge in [0.25, 0.3) is 0 Å². The van der Waals surface area contributed by atoms with E-state index in [2.05, 4.69) is 0 Å². The van der Waals surface area contributed by atoms with Gasteiger partial charge in [-0.15, -0.1) is 0 Å². The number of rotatable bonds is 2. The van der Waals surface area contributed by atoms with Crippen molar-refractivity contribution < 1.29 is 14.6 Å². The molecular weight excluding hydrogens is 146 g/mol. The Morgan fingerprint density at radius 3 is 2.55 bits per heavy atom. The lowest BCUT2D eigenvalue weighted by Crippen LogP contribution is -2.34. The van der Waals surface area contributed by atoms with Crippen molar-refractivity contribution in [2.75, 3.05) is 13.2 Å². The van der Waals surface area contributed by atoms with Crippen molar-refractivity contribution in [2.45, 2.75) is 6.04 Å². The zero-order chi connectivity index (χ0) is 8.01. The van der Waals surface area contributed by atoms with E-state index in [1.54, 1.807) is 0 Å². The van der Waals surface area contributed by atoms with Gasteiger partial charge in [-0.25, -0.2) is 0 Å². The second-order valence-corrected chi connectivity index (χ2v) is 3.31. The summed E-state index contributed by atoms with van der Waals surface area (Å²) in [6.45, 7) is 1.41. The highest BCUT2D eigenvalue weighted by Gasteiger charge is 2.58. The quantitative estimate of drug-likeness (QED) is 0.555. The van der Waals surface area contributed by atoms with Crippen LogP contribution in [0.25, 0.3) is 0 Å². The highest BCUT2D eigenvalue weighted by atomic mass is 16.5. The van der Waals surface area contributed by atoms with Crippen molar-refractivity contribution in [3.05, 3.63) is 0 Å². The first kappa shape index (κ1) is 7.06. The van der Waals surface area contributed by atoms with E-state index in [1.807, 2.05) is 0 Å². The molecule has 4 nitrogen and oxygen atoms in total. The third-order valence-electron chi connectivity index (χ3n) is 2.72. The topological polar surface area (TPSA) is 72.6 Å². The summed E-state index contributed by atoms with van der Waals surface area (Å²) in [5.41, 5.74) is 5.46. The van der Waals surface area contributed by atoms with Crippen molar-refractivity contribution in [1.82, 2.24) is 0 Å². The van der Waals surface area contributed by atoms with Crippen LogP contribution < -0.4 is 5.73 Å². The molecule has 1 aliphatic carbocycles. The maximum Gasteiger partial charge on any atom is 0.320 e. The molecule has 0 bridgehead atoms. The van der Waals surface area contributed by atoms with Crippen LogP contribution in [0.15, 0.2) is 0 Å². The minimum atomic E-state index is -0.885. The Balaban J connectivity index is 1.95. The molecule has 0 aromatic rings. The van der Waals surface area contributed by atoms with Gasteiger partial charge in [0, 0.05) is 0 Å². The normalized spacial score (nSPS) is 43.2. The summed E-state index contributed by atoms with van der Waals surface area (Å²) in [7, 11) is 0. The Hall–Kier alpha value is -0.610. The molecular formula is C7H11NO3. The van der Waals surface area contributed by atoms with Crippen LogP contribution in [0.1, 0.15) is 0 Å². The Morgan fingerprint density at radius 2 is 2.09 bits per heavy atom. The van der Waals surface area contributed by atoms with E-state index in [0.29, 0.717) is 25.0 Å². The van der Waals surface area contributed by atoms with Crippen molar-refractivity contribution >= 4 is 5.97 Å². The summed E-state index contributed by atoms with van der Waals surface area (Å²) in [4.78, 5) is 10.4. The molecule has 3 N–H and O–H groups in total. The fourth-order valence-corrected chi connectivity index (χ4v) is 1.98. The lowest BCUT2D eigenvalue weighted by atomic mass is 10.1. The lowest BCUT2D eigenvalue weighted by Gasteiger charge is -2.07. The first-order valence-electron chi connectivity index (χ1n) is 3.78. The van der Waals surface area contributed by atoms with Crippen molar-refractivity contribution in [2.24, 2.45) is 23.5 Å². The second-order valence-electron chi connectivity index (χ2n) is 3.31. The average molecular weight is 157 g/mol. The molecule has 1 saturated carbocycles. The molecule has 0 unspecified atom stereocenters. The van der Waals surface area contributed by atoms with Crippen LogP contribution >= 0.6 is 0 Å². The largest absolute Gasteiger partial charge is 0.480 e. The summed E-state index contributed by atoms with van der Waals surface area (Å²) < 4.78 is 5.12. The highest BCUT2D eigenvalue weighted by Crippen LogP contribution is 2.52. The van der Waals surface area contributed by atoms with E-state index < -0.39 is 12.0 Å². The molecule has 4 heteroatoms. The number of carboxylic acid groups (broad SMARTS) is 1. The maximum atomic E-state index is 10.4. The van der Waals surface area contributed by atoms with E-state index in [0.717, 1.165) is 0 Å². The van der Waals surface area contributed by atoms with Crippen LogP contribution in [-0.4, -0.2) is 30.3 Å². The van der Waals surface area contributed by atoms with E-state index in [9.17, 15) is 4.79 Å². The van der Waals surface area contributed by atoms with Crippen LogP contribution in [0.3, 0.4) is 0 Å². The Kier molecular flexibility index (Phi) is 1.40. The lowest BCUT2D eigenvalue weighted by molar-refractivity contribution is -0.139. The average Bonchev–Trinajstić information content (AvgIpc) is 2.41. The molecule has 2 rings (SSSR count). The van der Waals surface area contributed by atoms with Crippen LogP contribution in [0.5, 0.6) is 0 Å². The smallest absolute Gasteiger partial charge is 0.320 e. The van der Waals surface area contributed by atoms with Crippen molar-refractivity contribution in [3.8, 4) is 0 Å². The summed E-state index contributed by atoms with van der Waals surface area (Å²) >= 11 is 0. The minimum Gasteiger partial charge on any atom is -0.480 e. The van der Waals surface area contributed by atoms with Crippen LogP contribution in [0, 0.1) is 17.8 Å². The van der Waals surface area contributed by atoms with Crippen molar-refractivity contribution in [3.63, 3.8) is 0 Å². The van der Waals surface area contributed by atoms with Crippen molar-refractivity contribution in [1.29, 1.82) is 0 Å². The number of aliphatic carboxylic acids is 1. The Labute approximate surface area is 64.3 Å².